The first-order chi connectivity index (χ1) is 15.0. The number of ketones is 1. The van der Waals surface area contributed by atoms with Crippen molar-refractivity contribution in [1.29, 1.82) is 5.26 Å². The maximum Gasteiger partial charge on any atom is 0.241 e. The molecule has 1 amide bonds. The van der Waals surface area contributed by atoms with Crippen molar-refractivity contribution in [3.05, 3.63) is 95.1 Å². The highest BCUT2D eigenvalue weighted by molar-refractivity contribution is 6.09. The number of nitriles is 1. The van der Waals surface area contributed by atoms with Crippen LogP contribution in [0, 0.1) is 17.1 Å². The van der Waals surface area contributed by atoms with Crippen LogP contribution in [0.25, 0.3) is 28.2 Å². The quantitative estimate of drug-likeness (QED) is 0.383. The fourth-order valence-corrected chi connectivity index (χ4v) is 3.22. The van der Waals surface area contributed by atoms with E-state index < -0.39 is 17.5 Å². The number of fused-ring (bicyclic) bond motifs is 1. The van der Waals surface area contributed by atoms with Gasteiger partial charge in [0.05, 0.1) is 17.2 Å². The second kappa shape index (κ2) is 8.05. The number of carbonyl (C=O) groups is 2. The van der Waals surface area contributed by atoms with Gasteiger partial charge >= 0.3 is 0 Å². The number of primary amides is 1. The van der Waals surface area contributed by atoms with Crippen LogP contribution < -0.4 is 5.73 Å². The Morgan fingerprint density at radius 3 is 2.55 bits per heavy atom. The zero-order valence-electron chi connectivity index (χ0n) is 16.1. The van der Waals surface area contributed by atoms with E-state index in [1.807, 2.05) is 12.1 Å². The highest BCUT2D eigenvalue weighted by Crippen LogP contribution is 2.27. The molecule has 0 unspecified atom stereocenters. The molecular formula is C24H15FN4O2. The number of nitrogens with two attached hydrogens (primary N) is 1. The molecule has 2 heterocycles. The Bertz CT molecular complexity index is 1400. The predicted octanol–water partition coefficient (Wildman–Crippen LogP) is 3.97. The van der Waals surface area contributed by atoms with Gasteiger partial charge in [-0.25, -0.2) is 9.37 Å². The number of hydrogen-bond donors (Lipinski definition) is 2. The van der Waals surface area contributed by atoms with Gasteiger partial charge < -0.3 is 10.7 Å². The Morgan fingerprint density at radius 2 is 1.87 bits per heavy atom. The number of rotatable bonds is 5. The first-order valence-corrected chi connectivity index (χ1v) is 9.25. The minimum atomic E-state index is -0.658. The Balaban J connectivity index is 1.68. The number of nitrogens with one attached hydrogen (secondary N) is 1. The van der Waals surface area contributed by atoms with E-state index in [4.69, 9.17) is 11.0 Å². The van der Waals surface area contributed by atoms with E-state index >= 15 is 0 Å². The van der Waals surface area contributed by atoms with Gasteiger partial charge in [-0.2, -0.15) is 5.26 Å². The summed E-state index contributed by atoms with van der Waals surface area (Å²) in [5.74, 6) is -1.69. The third-order valence-electron chi connectivity index (χ3n) is 4.81. The lowest BCUT2D eigenvalue weighted by Crippen LogP contribution is -2.05. The summed E-state index contributed by atoms with van der Waals surface area (Å²) in [5, 5.41) is 9.61. The maximum atomic E-state index is 14.8. The zero-order chi connectivity index (χ0) is 22.0. The minimum Gasteiger partial charge on any atom is -0.366 e. The highest BCUT2D eigenvalue weighted by atomic mass is 19.1. The third-order valence-corrected chi connectivity index (χ3v) is 4.81. The molecule has 3 N–H and O–H groups in total. The molecule has 0 spiro atoms. The van der Waals surface area contributed by atoms with Crippen molar-refractivity contribution in [1.82, 2.24) is 9.97 Å². The summed E-state index contributed by atoms with van der Waals surface area (Å²) in [6, 6.07) is 14.2. The van der Waals surface area contributed by atoms with Gasteiger partial charge in [-0.15, -0.1) is 0 Å². The third kappa shape index (κ3) is 3.95. The Morgan fingerprint density at radius 1 is 1.10 bits per heavy atom. The van der Waals surface area contributed by atoms with E-state index in [1.54, 1.807) is 24.5 Å². The molecule has 4 aromatic rings. The fourth-order valence-electron chi connectivity index (χ4n) is 3.22. The van der Waals surface area contributed by atoms with Gasteiger partial charge in [0.25, 0.3) is 0 Å². The van der Waals surface area contributed by atoms with E-state index in [0.717, 1.165) is 10.9 Å². The smallest absolute Gasteiger partial charge is 0.241 e. The van der Waals surface area contributed by atoms with E-state index in [-0.39, 0.29) is 5.56 Å². The van der Waals surface area contributed by atoms with Crippen molar-refractivity contribution in [3.8, 4) is 17.2 Å². The number of pyridine rings is 1. The van der Waals surface area contributed by atoms with Gasteiger partial charge in [-0.3, -0.25) is 9.59 Å². The number of nitrogens with zero attached hydrogens (tertiary/aromatic N) is 2. The summed E-state index contributed by atoms with van der Waals surface area (Å²) in [6.45, 7) is 0. The molecule has 6 nitrogen and oxygen atoms in total. The highest BCUT2D eigenvalue weighted by Gasteiger charge is 2.15. The first kappa shape index (κ1) is 19.7. The summed E-state index contributed by atoms with van der Waals surface area (Å²) in [7, 11) is 0. The van der Waals surface area contributed by atoms with E-state index in [9.17, 15) is 14.0 Å². The number of aromatic amines is 1. The Kier molecular flexibility index (Phi) is 5.12. The van der Waals surface area contributed by atoms with E-state index in [1.165, 1.54) is 42.5 Å². The maximum absolute atomic E-state index is 14.8. The number of hydrogen-bond acceptors (Lipinski definition) is 4. The molecule has 0 saturated carbocycles. The van der Waals surface area contributed by atoms with Crippen LogP contribution in [-0.2, 0) is 4.79 Å². The molecule has 0 fully saturated rings. The van der Waals surface area contributed by atoms with Crippen LogP contribution in [0.5, 0.6) is 0 Å². The van der Waals surface area contributed by atoms with Crippen LogP contribution in [0.3, 0.4) is 0 Å². The summed E-state index contributed by atoms with van der Waals surface area (Å²) in [4.78, 5) is 31.0. The predicted molar refractivity (Wildman–Crippen MR) is 114 cm³/mol. The standard InChI is InChI=1S/C24H15FN4O2/c25-21-10-16(5-7-19(21)23(31)15-3-1-14(11-26)2-4-15)18-9-20-17(6-8-22(27)30)12-28-24(20)29-13-18/h1-10,12-13H,(H2,27,30)(H,28,29)/b8-6+. The number of carbonyl (C=O) groups excluding carboxylic acids is 2. The van der Waals surface area contributed by atoms with Crippen molar-refractivity contribution in [3.63, 3.8) is 0 Å². The number of benzene rings is 2. The summed E-state index contributed by atoms with van der Waals surface area (Å²) >= 11 is 0. The van der Waals surface area contributed by atoms with Crippen molar-refractivity contribution >= 4 is 28.8 Å². The minimum absolute atomic E-state index is 0.0609. The molecule has 0 saturated heterocycles. The molecule has 0 aliphatic heterocycles. The largest absolute Gasteiger partial charge is 0.366 e. The number of amides is 1. The lowest BCUT2D eigenvalue weighted by Gasteiger charge is -2.07. The lowest BCUT2D eigenvalue weighted by atomic mass is 9.98. The number of H-pyrrole nitrogens is 1. The lowest BCUT2D eigenvalue weighted by molar-refractivity contribution is -0.113. The van der Waals surface area contributed by atoms with E-state index in [0.29, 0.717) is 27.9 Å². The van der Waals surface area contributed by atoms with Gasteiger partial charge in [0, 0.05) is 40.5 Å². The first-order valence-electron chi connectivity index (χ1n) is 9.25. The summed E-state index contributed by atoms with van der Waals surface area (Å²) in [5.41, 5.74) is 8.34. The second-order valence-electron chi connectivity index (χ2n) is 6.81. The Labute approximate surface area is 176 Å². The molecule has 0 aliphatic carbocycles. The molecule has 2 aromatic carbocycles. The average Bonchev–Trinajstić information content (AvgIpc) is 3.19. The molecule has 0 aliphatic rings. The van der Waals surface area contributed by atoms with Crippen LogP contribution >= 0.6 is 0 Å². The van der Waals surface area contributed by atoms with Gasteiger partial charge in [0.1, 0.15) is 11.5 Å². The van der Waals surface area contributed by atoms with Gasteiger partial charge in [-0.05, 0) is 54.1 Å². The molecule has 31 heavy (non-hydrogen) atoms. The van der Waals surface area contributed by atoms with Crippen LogP contribution in [0.1, 0.15) is 27.0 Å². The van der Waals surface area contributed by atoms with Gasteiger partial charge in [-0.1, -0.05) is 6.07 Å². The van der Waals surface area contributed by atoms with Crippen LogP contribution in [0.2, 0.25) is 0 Å². The topological polar surface area (TPSA) is 113 Å². The van der Waals surface area contributed by atoms with Gasteiger partial charge in [0.2, 0.25) is 5.91 Å². The molecule has 0 bridgehead atoms. The van der Waals surface area contributed by atoms with E-state index in [2.05, 4.69) is 9.97 Å². The van der Waals surface area contributed by atoms with Crippen molar-refractivity contribution < 1.29 is 14.0 Å². The van der Waals surface area contributed by atoms with Crippen LogP contribution in [0.4, 0.5) is 4.39 Å². The van der Waals surface area contributed by atoms with Crippen LogP contribution in [-0.4, -0.2) is 21.7 Å². The van der Waals surface area contributed by atoms with Crippen LogP contribution in [0.15, 0.2) is 67.0 Å². The number of aromatic nitrogens is 2. The summed E-state index contributed by atoms with van der Waals surface area (Å²) in [6.07, 6.45) is 6.11. The van der Waals surface area contributed by atoms with Crippen molar-refractivity contribution in [2.24, 2.45) is 5.73 Å². The molecular weight excluding hydrogens is 395 g/mol. The normalized spacial score (nSPS) is 11.0. The molecule has 0 atom stereocenters. The van der Waals surface area contributed by atoms with Crippen molar-refractivity contribution in [2.45, 2.75) is 0 Å². The Hall–Kier alpha value is -4.57. The molecule has 7 heteroatoms. The molecule has 2 aromatic heterocycles. The summed E-state index contributed by atoms with van der Waals surface area (Å²) < 4.78 is 14.8. The average molecular weight is 410 g/mol. The van der Waals surface area contributed by atoms with Gasteiger partial charge in [0.15, 0.2) is 5.78 Å². The number of halogens is 1. The second-order valence-corrected chi connectivity index (χ2v) is 6.81. The van der Waals surface area contributed by atoms with Crippen molar-refractivity contribution in [2.75, 3.05) is 0 Å². The molecule has 4 rings (SSSR count). The fraction of sp³-hybridized carbons (Fsp3) is 0. The zero-order valence-corrected chi connectivity index (χ0v) is 16.1. The molecule has 150 valence electrons. The SMILES string of the molecule is N#Cc1ccc(C(=O)c2ccc(-c3cnc4[nH]cc(/C=C/C(N)=O)c4c3)cc2F)cc1. The monoisotopic (exact) mass is 410 g/mol. The molecule has 0 radical (unpaired) electrons.